The smallest absolute Gasteiger partial charge is 0.123 e. The van der Waals surface area contributed by atoms with Crippen LogP contribution in [0.5, 0.6) is 11.5 Å². The lowest BCUT2D eigenvalue weighted by atomic mass is 9.65. The zero-order chi connectivity index (χ0) is 18.6. The van der Waals surface area contributed by atoms with E-state index in [-0.39, 0.29) is 22.8 Å². The number of rotatable bonds is 6. The number of hydrogen-bond acceptors (Lipinski definition) is 2. The van der Waals surface area contributed by atoms with E-state index in [4.69, 9.17) is 0 Å². The van der Waals surface area contributed by atoms with Crippen molar-refractivity contribution in [1.29, 1.82) is 0 Å². The number of aryl methyl sites for hydroxylation is 1. The maximum absolute atomic E-state index is 10.7. The van der Waals surface area contributed by atoms with Crippen LogP contribution >= 0.6 is 0 Å². The Labute approximate surface area is 154 Å². The number of allylic oxidation sites excluding steroid dienone is 2. The van der Waals surface area contributed by atoms with Gasteiger partial charge in [0.25, 0.3) is 0 Å². The second-order valence-electron chi connectivity index (χ2n) is 8.91. The highest BCUT2D eigenvalue weighted by atomic mass is 16.3. The zero-order valence-corrected chi connectivity index (χ0v) is 16.7. The second-order valence-corrected chi connectivity index (χ2v) is 8.91. The van der Waals surface area contributed by atoms with Gasteiger partial charge in [-0.3, -0.25) is 0 Å². The number of unbranched alkanes of at least 4 members (excludes halogenated alkanes) is 3. The third-order valence-corrected chi connectivity index (χ3v) is 5.71. The van der Waals surface area contributed by atoms with Crippen LogP contribution < -0.4 is 0 Å². The van der Waals surface area contributed by atoms with Crippen molar-refractivity contribution in [2.75, 3.05) is 0 Å². The summed E-state index contributed by atoms with van der Waals surface area (Å²) in [6.07, 6.45) is 10.2. The van der Waals surface area contributed by atoms with Crippen LogP contribution in [0, 0.1) is 11.3 Å². The minimum Gasteiger partial charge on any atom is -0.507 e. The van der Waals surface area contributed by atoms with Gasteiger partial charge in [-0.1, -0.05) is 58.6 Å². The molecular formula is C23H36O2. The first-order valence-corrected chi connectivity index (χ1v) is 9.96. The van der Waals surface area contributed by atoms with Gasteiger partial charge >= 0.3 is 0 Å². The molecule has 2 N–H and O–H groups in total. The molecule has 1 aromatic rings. The molecule has 0 aromatic heterocycles. The van der Waals surface area contributed by atoms with Crippen molar-refractivity contribution in [2.45, 2.75) is 85.5 Å². The van der Waals surface area contributed by atoms with Crippen molar-refractivity contribution in [1.82, 2.24) is 0 Å². The molecule has 0 bridgehead atoms. The monoisotopic (exact) mass is 344 g/mol. The molecule has 0 aliphatic heterocycles. The standard InChI is InChI=1S/C23H36O2/c1-6-7-8-9-10-17-14-20(24)22(21(25)15-17)18-13-16(2)11-12-19(18)23(3,4)5/h13-15,18-19,24-25H,6-12H2,1-5H3/t18-,19-/m1/s1. The quantitative estimate of drug-likeness (QED) is 0.445. The maximum atomic E-state index is 10.7. The van der Waals surface area contributed by atoms with E-state index in [9.17, 15) is 10.2 Å². The molecule has 0 fully saturated rings. The number of hydrogen-bond donors (Lipinski definition) is 2. The first-order valence-electron chi connectivity index (χ1n) is 9.96. The Balaban J connectivity index is 2.29. The van der Waals surface area contributed by atoms with Crippen molar-refractivity contribution >= 4 is 0 Å². The molecule has 2 rings (SSSR count). The molecule has 0 amide bonds. The molecule has 1 aliphatic carbocycles. The lowest BCUT2D eigenvalue weighted by molar-refractivity contribution is 0.194. The predicted molar refractivity (Wildman–Crippen MR) is 106 cm³/mol. The van der Waals surface area contributed by atoms with E-state index in [0.29, 0.717) is 5.92 Å². The summed E-state index contributed by atoms with van der Waals surface area (Å²) in [6, 6.07) is 3.75. The van der Waals surface area contributed by atoms with Gasteiger partial charge in [-0.25, -0.2) is 0 Å². The minimum atomic E-state index is 0.0860. The van der Waals surface area contributed by atoms with Gasteiger partial charge in [0.05, 0.1) is 0 Å². The summed E-state index contributed by atoms with van der Waals surface area (Å²) in [5.74, 6) is 1.03. The molecule has 0 spiro atoms. The molecular weight excluding hydrogens is 308 g/mol. The summed E-state index contributed by atoms with van der Waals surface area (Å²) in [6.45, 7) is 11.1. The molecule has 2 nitrogen and oxygen atoms in total. The van der Waals surface area contributed by atoms with Crippen LogP contribution in [0.4, 0.5) is 0 Å². The minimum absolute atomic E-state index is 0.0860. The van der Waals surface area contributed by atoms with E-state index in [1.807, 2.05) is 12.1 Å². The molecule has 0 radical (unpaired) electrons. The number of phenolic OH excluding ortho intramolecular Hbond substituents is 2. The first-order chi connectivity index (χ1) is 11.7. The van der Waals surface area contributed by atoms with Gasteiger partial charge in [0.2, 0.25) is 0 Å². The van der Waals surface area contributed by atoms with Gasteiger partial charge in [0, 0.05) is 11.5 Å². The van der Waals surface area contributed by atoms with Crippen LogP contribution in [0.15, 0.2) is 23.8 Å². The van der Waals surface area contributed by atoms with Crippen LogP contribution in [0.3, 0.4) is 0 Å². The summed E-state index contributed by atoms with van der Waals surface area (Å²) in [7, 11) is 0. The Morgan fingerprint density at radius 2 is 1.68 bits per heavy atom. The Bertz CT molecular complexity index is 584. The van der Waals surface area contributed by atoms with E-state index in [2.05, 4.69) is 40.7 Å². The largest absolute Gasteiger partial charge is 0.507 e. The fourth-order valence-electron chi connectivity index (χ4n) is 4.25. The van der Waals surface area contributed by atoms with Crippen molar-refractivity contribution < 1.29 is 10.2 Å². The molecule has 140 valence electrons. The molecule has 2 atom stereocenters. The number of aromatic hydroxyl groups is 2. The van der Waals surface area contributed by atoms with Crippen molar-refractivity contribution in [3.63, 3.8) is 0 Å². The SMILES string of the molecule is CCCCCCc1cc(O)c([C@@H]2C=C(C)CC[C@H]2C(C)(C)C)c(O)c1. The van der Waals surface area contributed by atoms with E-state index in [1.54, 1.807) is 0 Å². The van der Waals surface area contributed by atoms with Gasteiger partial charge in [-0.2, -0.15) is 0 Å². The number of benzene rings is 1. The average Bonchev–Trinajstić information content (AvgIpc) is 2.50. The van der Waals surface area contributed by atoms with Crippen LogP contribution in [-0.2, 0) is 6.42 Å². The predicted octanol–water partition coefficient (Wildman–Crippen LogP) is 6.71. The molecule has 2 heteroatoms. The van der Waals surface area contributed by atoms with E-state index < -0.39 is 0 Å². The van der Waals surface area contributed by atoms with Gasteiger partial charge in [-0.05, 0) is 61.6 Å². The van der Waals surface area contributed by atoms with Crippen LogP contribution in [-0.4, -0.2) is 10.2 Å². The highest BCUT2D eigenvalue weighted by Gasteiger charge is 2.36. The van der Waals surface area contributed by atoms with Gasteiger partial charge in [0.1, 0.15) is 11.5 Å². The van der Waals surface area contributed by atoms with Crippen molar-refractivity contribution in [2.24, 2.45) is 11.3 Å². The van der Waals surface area contributed by atoms with Gasteiger partial charge < -0.3 is 10.2 Å². The first kappa shape index (κ1) is 19.9. The summed E-state index contributed by atoms with van der Waals surface area (Å²) >= 11 is 0. The third kappa shape index (κ3) is 5.03. The van der Waals surface area contributed by atoms with Crippen LogP contribution in [0.1, 0.15) is 90.2 Å². The second kappa shape index (κ2) is 8.29. The molecule has 0 unspecified atom stereocenters. The summed E-state index contributed by atoms with van der Waals surface area (Å²) in [5.41, 5.74) is 3.25. The molecule has 1 aliphatic rings. The van der Waals surface area contributed by atoms with Crippen molar-refractivity contribution in [3.05, 3.63) is 34.9 Å². The highest BCUT2D eigenvalue weighted by Crippen LogP contribution is 2.50. The van der Waals surface area contributed by atoms with Crippen LogP contribution in [0.2, 0.25) is 0 Å². The van der Waals surface area contributed by atoms with Crippen molar-refractivity contribution in [3.8, 4) is 11.5 Å². The molecule has 0 saturated carbocycles. The summed E-state index contributed by atoms with van der Waals surface area (Å²) in [4.78, 5) is 0. The fourth-order valence-corrected chi connectivity index (χ4v) is 4.25. The Morgan fingerprint density at radius 3 is 2.24 bits per heavy atom. The van der Waals surface area contributed by atoms with E-state index >= 15 is 0 Å². The normalized spacial score (nSPS) is 21.2. The van der Waals surface area contributed by atoms with E-state index in [0.717, 1.165) is 36.8 Å². The Kier molecular flexibility index (Phi) is 6.59. The fraction of sp³-hybridized carbons (Fsp3) is 0.652. The summed E-state index contributed by atoms with van der Waals surface area (Å²) < 4.78 is 0. The highest BCUT2D eigenvalue weighted by molar-refractivity contribution is 5.51. The molecule has 1 aromatic carbocycles. The van der Waals surface area contributed by atoms with Gasteiger partial charge in [0.15, 0.2) is 0 Å². The number of phenols is 2. The lowest BCUT2D eigenvalue weighted by Crippen LogP contribution is -2.28. The van der Waals surface area contributed by atoms with E-state index in [1.165, 1.54) is 24.8 Å². The maximum Gasteiger partial charge on any atom is 0.123 e. The average molecular weight is 345 g/mol. The lowest BCUT2D eigenvalue weighted by Gasteiger charge is -2.39. The molecule has 25 heavy (non-hydrogen) atoms. The molecule has 0 saturated heterocycles. The van der Waals surface area contributed by atoms with Crippen LogP contribution in [0.25, 0.3) is 0 Å². The Hall–Kier alpha value is -1.44. The summed E-state index contributed by atoms with van der Waals surface area (Å²) in [5, 5.41) is 21.4. The molecule has 0 heterocycles. The zero-order valence-electron chi connectivity index (χ0n) is 16.7. The van der Waals surface area contributed by atoms with Gasteiger partial charge in [-0.15, -0.1) is 0 Å². The third-order valence-electron chi connectivity index (χ3n) is 5.71. The topological polar surface area (TPSA) is 40.5 Å². The Morgan fingerprint density at radius 1 is 1.04 bits per heavy atom.